The van der Waals surface area contributed by atoms with Gasteiger partial charge in [-0.15, -0.1) is 5.10 Å². The van der Waals surface area contributed by atoms with Crippen LogP contribution < -0.4 is 11.5 Å². The number of rotatable bonds is 5. The fraction of sp³-hybridized carbons (Fsp3) is 0.294. The molecule has 1 unspecified atom stereocenters. The topological polar surface area (TPSA) is 84.9 Å². The zero-order valence-corrected chi connectivity index (χ0v) is 16.0. The smallest absolute Gasteiger partial charge is 0.211 e. The molecule has 1 aliphatic rings. The number of likely N-dealkylation sites (tertiary alicyclic amines) is 1. The molecule has 0 bridgehead atoms. The highest BCUT2D eigenvalue weighted by atomic mass is 79.9. The Morgan fingerprint density at radius 2 is 2.20 bits per heavy atom. The second-order valence-corrected chi connectivity index (χ2v) is 7.17. The van der Waals surface area contributed by atoms with Crippen LogP contribution in [0.1, 0.15) is 18.4 Å². The molecule has 0 amide bonds. The van der Waals surface area contributed by atoms with Gasteiger partial charge in [0.15, 0.2) is 0 Å². The molecule has 1 saturated heterocycles. The van der Waals surface area contributed by atoms with E-state index in [4.69, 9.17) is 23.1 Å². The number of nitrogens with two attached hydrogens (primary N) is 2. The molecular weight excluding hydrogens is 404 g/mol. The molecule has 1 aliphatic heterocycles. The van der Waals surface area contributed by atoms with Gasteiger partial charge in [0, 0.05) is 31.2 Å². The molecule has 1 aromatic carbocycles. The van der Waals surface area contributed by atoms with Crippen LogP contribution in [0.25, 0.3) is 5.69 Å². The molecule has 0 radical (unpaired) electrons. The van der Waals surface area contributed by atoms with Crippen molar-refractivity contribution in [1.29, 1.82) is 0 Å². The van der Waals surface area contributed by atoms with Crippen molar-refractivity contribution >= 4 is 39.7 Å². The van der Waals surface area contributed by atoms with Crippen LogP contribution in [0, 0.1) is 0 Å². The van der Waals surface area contributed by atoms with Crippen molar-refractivity contribution in [1.82, 2.24) is 9.47 Å². The van der Waals surface area contributed by atoms with E-state index in [1.165, 1.54) is 5.56 Å². The second kappa shape index (κ2) is 8.03. The summed E-state index contributed by atoms with van der Waals surface area (Å²) in [7, 11) is 0. The Labute approximate surface area is 160 Å². The summed E-state index contributed by atoms with van der Waals surface area (Å²) < 4.78 is 2.96. The lowest BCUT2D eigenvalue weighted by Gasteiger charge is -2.20. The number of nitrogens with zero attached hydrogens (tertiary/aromatic N) is 4. The standard InChI is InChI=1S/C17H20BrClN6/c18-16-14(19)4-1-5-15(16)25-8-6-12(11-25)10-24-7-2-3-13(24)9-22-23-17(20)21/h1,4-6,8-9,11,13H,2-3,7,10H2,(H4,20,21,23)/b22-9+. The molecule has 2 aromatic rings. The molecular formula is C17H20BrClN6. The number of guanidine groups is 1. The predicted octanol–water partition coefficient (Wildman–Crippen LogP) is 3.12. The Morgan fingerprint density at radius 3 is 3.00 bits per heavy atom. The predicted molar refractivity (Wildman–Crippen MR) is 106 cm³/mol. The zero-order chi connectivity index (χ0) is 17.8. The molecule has 3 rings (SSSR count). The largest absolute Gasteiger partial charge is 0.369 e. The third-order valence-electron chi connectivity index (χ3n) is 4.18. The van der Waals surface area contributed by atoms with Gasteiger partial charge in [0.2, 0.25) is 5.96 Å². The van der Waals surface area contributed by atoms with E-state index in [0.717, 1.165) is 36.1 Å². The first-order valence-electron chi connectivity index (χ1n) is 8.02. The summed E-state index contributed by atoms with van der Waals surface area (Å²) in [5.74, 6) is -0.0232. The maximum atomic E-state index is 6.19. The Balaban J connectivity index is 1.71. The normalized spacial score (nSPS) is 18.1. The van der Waals surface area contributed by atoms with Crippen molar-refractivity contribution in [2.45, 2.75) is 25.4 Å². The van der Waals surface area contributed by atoms with Gasteiger partial charge in [0.1, 0.15) is 0 Å². The van der Waals surface area contributed by atoms with Crippen molar-refractivity contribution in [2.75, 3.05) is 6.54 Å². The molecule has 4 N–H and O–H groups in total. The molecule has 2 heterocycles. The Bertz CT molecular complexity index is 796. The highest BCUT2D eigenvalue weighted by Crippen LogP contribution is 2.29. The van der Waals surface area contributed by atoms with E-state index in [9.17, 15) is 0 Å². The minimum Gasteiger partial charge on any atom is -0.369 e. The summed E-state index contributed by atoms with van der Waals surface area (Å²) >= 11 is 9.74. The summed E-state index contributed by atoms with van der Waals surface area (Å²) in [4.78, 5) is 2.37. The molecule has 8 heteroatoms. The van der Waals surface area contributed by atoms with E-state index in [2.05, 4.69) is 47.9 Å². The van der Waals surface area contributed by atoms with Gasteiger partial charge in [-0.3, -0.25) is 4.90 Å². The molecule has 6 nitrogen and oxygen atoms in total. The Hall–Kier alpha value is -1.83. The lowest BCUT2D eigenvalue weighted by atomic mass is 10.2. The lowest BCUT2D eigenvalue weighted by molar-refractivity contribution is 0.297. The van der Waals surface area contributed by atoms with E-state index >= 15 is 0 Å². The molecule has 0 spiro atoms. The van der Waals surface area contributed by atoms with E-state index in [1.807, 2.05) is 30.6 Å². The fourth-order valence-corrected chi connectivity index (χ4v) is 3.64. The van der Waals surface area contributed by atoms with Gasteiger partial charge in [-0.05, 0) is 59.1 Å². The van der Waals surface area contributed by atoms with Crippen LogP contribution in [0.3, 0.4) is 0 Å². The van der Waals surface area contributed by atoms with Gasteiger partial charge < -0.3 is 16.0 Å². The maximum absolute atomic E-state index is 6.19. The summed E-state index contributed by atoms with van der Waals surface area (Å²) in [6, 6.07) is 8.21. The Kier molecular flexibility index (Phi) is 5.78. The minimum absolute atomic E-state index is 0.0232. The summed E-state index contributed by atoms with van der Waals surface area (Å²) in [5, 5.41) is 8.35. The fourth-order valence-electron chi connectivity index (χ4n) is 3.00. The van der Waals surface area contributed by atoms with Gasteiger partial charge in [0.05, 0.1) is 15.2 Å². The first-order valence-corrected chi connectivity index (χ1v) is 9.19. The second-order valence-electron chi connectivity index (χ2n) is 5.97. The third-order valence-corrected chi connectivity index (χ3v) is 5.55. The lowest BCUT2D eigenvalue weighted by Crippen LogP contribution is -2.30. The van der Waals surface area contributed by atoms with Gasteiger partial charge in [-0.25, -0.2) is 0 Å². The van der Waals surface area contributed by atoms with E-state index in [1.54, 1.807) is 0 Å². The summed E-state index contributed by atoms with van der Waals surface area (Å²) in [6.07, 6.45) is 8.18. The summed E-state index contributed by atoms with van der Waals surface area (Å²) in [5.41, 5.74) is 12.9. The molecule has 1 fully saturated rings. The van der Waals surface area contributed by atoms with Crippen molar-refractivity contribution in [3.8, 4) is 5.69 Å². The highest BCUT2D eigenvalue weighted by molar-refractivity contribution is 9.10. The summed E-state index contributed by atoms with van der Waals surface area (Å²) in [6.45, 7) is 1.88. The van der Waals surface area contributed by atoms with Crippen molar-refractivity contribution in [3.63, 3.8) is 0 Å². The van der Waals surface area contributed by atoms with Crippen LogP contribution in [-0.2, 0) is 6.54 Å². The zero-order valence-electron chi connectivity index (χ0n) is 13.6. The molecule has 1 atom stereocenters. The first-order chi connectivity index (χ1) is 12.0. The van der Waals surface area contributed by atoms with Crippen molar-refractivity contribution in [3.05, 3.63) is 51.7 Å². The van der Waals surface area contributed by atoms with Crippen molar-refractivity contribution in [2.24, 2.45) is 21.7 Å². The van der Waals surface area contributed by atoms with Crippen molar-refractivity contribution < 1.29 is 0 Å². The van der Waals surface area contributed by atoms with Crippen LogP contribution in [0.15, 0.2) is 51.3 Å². The van der Waals surface area contributed by atoms with Gasteiger partial charge in [-0.2, -0.15) is 5.10 Å². The Morgan fingerprint density at radius 1 is 1.36 bits per heavy atom. The highest BCUT2D eigenvalue weighted by Gasteiger charge is 2.23. The SMILES string of the molecule is NC(N)=N/N=C/C1CCCN1Cc1ccn(-c2cccc(Cl)c2Br)c1. The number of hydrogen-bond acceptors (Lipinski definition) is 3. The number of hydrogen-bond donors (Lipinski definition) is 2. The maximum Gasteiger partial charge on any atom is 0.211 e. The van der Waals surface area contributed by atoms with Gasteiger partial charge in [-0.1, -0.05) is 17.7 Å². The number of halogens is 2. The monoisotopic (exact) mass is 422 g/mol. The molecule has 1 aromatic heterocycles. The van der Waals surface area contributed by atoms with Crippen LogP contribution in [-0.4, -0.2) is 34.2 Å². The molecule has 0 saturated carbocycles. The van der Waals surface area contributed by atoms with E-state index in [0.29, 0.717) is 5.02 Å². The molecule has 25 heavy (non-hydrogen) atoms. The third kappa shape index (κ3) is 4.42. The van der Waals surface area contributed by atoms with Gasteiger partial charge >= 0.3 is 0 Å². The number of aromatic nitrogens is 1. The average molecular weight is 424 g/mol. The van der Waals surface area contributed by atoms with Crippen LogP contribution in [0.2, 0.25) is 5.02 Å². The first kappa shape index (κ1) is 18.0. The van der Waals surface area contributed by atoms with E-state index < -0.39 is 0 Å². The van der Waals surface area contributed by atoms with Crippen LogP contribution in [0.5, 0.6) is 0 Å². The number of benzene rings is 1. The van der Waals surface area contributed by atoms with E-state index in [-0.39, 0.29) is 12.0 Å². The molecule has 132 valence electrons. The van der Waals surface area contributed by atoms with Crippen LogP contribution >= 0.6 is 27.5 Å². The van der Waals surface area contributed by atoms with Crippen LogP contribution in [0.4, 0.5) is 0 Å². The molecule has 0 aliphatic carbocycles. The quantitative estimate of drug-likeness (QED) is 0.440. The average Bonchev–Trinajstić information content (AvgIpc) is 3.20. The van der Waals surface area contributed by atoms with Gasteiger partial charge in [0.25, 0.3) is 0 Å². The minimum atomic E-state index is -0.0232.